The van der Waals surface area contributed by atoms with Crippen molar-refractivity contribution < 1.29 is 4.74 Å². The van der Waals surface area contributed by atoms with Crippen molar-refractivity contribution in [3.05, 3.63) is 51.7 Å². The number of nitrogens with one attached hydrogen (secondary N) is 2. The zero-order valence-electron chi connectivity index (χ0n) is 15.6. The van der Waals surface area contributed by atoms with Crippen LogP contribution in [0.25, 0.3) is 0 Å². The molecule has 5 nitrogen and oxygen atoms in total. The van der Waals surface area contributed by atoms with Crippen LogP contribution in [0.2, 0.25) is 0 Å². The Balaban J connectivity index is 1.34. The lowest BCUT2D eigenvalue weighted by molar-refractivity contribution is 0.260. The Morgan fingerprint density at radius 1 is 1.19 bits per heavy atom. The van der Waals surface area contributed by atoms with Crippen LogP contribution in [0.15, 0.2) is 40.7 Å². The maximum absolute atomic E-state index is 5.19. The summed E-state index contributed by atoms with van der Waals surface area (Å²) in [5.41, 5.74) is 2.79. The molecule has 2 heterocycles. The molecule has 0 saturated heterocycles. The van der Waals surface area contributed by atoms with Gasteiger partial charge in [0.25, 0.3) is 0 Å². The number of benzene rings is 1. The van der Waals surface area contributed by atoms with E-state index >= 15 is 0 Å². The quantitative estimate of drug-likeness (QED) is 0.579. The SMILES string of the molecule is CN=C(NCCc1ccc(OC)cc1)NCCN1CCc2sccc2C1. The molecular weight excluding hydrogens is 344 g/mol. The molecule has 3 rings (SSSR count). The van der Waals surface area contributed by atoms with Gasteiger partial charge in [-0.05, 0) is 47.5 Å². The van der Waals surface area contributed by atoms with Gasteiger partial charge in [0.1, 0.15) is 5.75 Å². The summed E-state index contributed by atoms with van der Waals surface area (Å²) in [7, 11) is 3.51. The molecule has 6 heteroatoms. The van der Waals surface area contributed by atoms with E-state index in [2.05, 4.69) is 44.1 Å². The fraction of sp³-hybridized carbons (Fsp3) is 0.450. The van der Waals surface area contributed by atoms with Crippen LogP contribution in [0.4, 0.5) is 0 Å². The van der Waals surface area contributed by atoms with Crippen LogP contribution in [-0.4, -0.2) is 51.2 Å². The van der Waals surface area contributed by atoms with E-state index in [0.29, 0.717) is 0 Å². The van der Waals surface area contributed by atoms with Crippen LogP contribution in [0.1, 0.15) is 16.0 Å². The van der Waals surface area contributed by atoms with Crippen LogP contribution in [0.3, 0.4) is 0 Å². The lowest BCUT2D eigenvalue weighted by Gasteiger charge is -2.27. The van der Waals surface area contributed by atoms with Gasteiger partial charge in [0.15, 0.2) is 5.96 Å². The van der Waals surface area contributed by atoms with Gasteiger partial charge in [0, 0.05) is 44.6 Å². The number of hydrogen-bond donors (Lipinski definition) is 2. The van der Waals surface area contributed by atoms with Crippen molar-refractivity contribution in [1.82, 2.24) is 15.5 Å². The minimum Gasteiger partial charge on any atom is -0.497 e. The van der Waals surface area contributed by atoms with Gasteiger partial charge >= 0.3 is 0 Å². The first-order valence-electron chi connectivity index (χ1n) is 9.13. The highest BCUT2D eigenvalue weighted by Gasteiger charge is 2.16. The third-order valence-electron chi connectivity index (χ3n) is 4.70. The molecule has 1 aliphatic rings. The van der Waals surface area contributed by atoms with Gasteiger partial charge in [-0.3, -0.25) is 9.89 Å². The Bertz CT molecular complexity index is 711. The molecule has 1 aromatic heterocycles. The molecule has 0 amide bonds. The highest BCUT2D eigenvalue weighted by atomic mass is 32.1. The first-order chi connectivity index (χ1) is 12.8. The molecule has 140 valence electrons. The van der Waals surface area contributed by atoms with Crippen LogP contribution >= 0.6 is 11.3 Å². The molecule has 2 N–H and O–H groups in total. The number of ether oxygens (including phenoxy) is 1. The predicted molar refractivity (Wildman–Crippen MR) is 109 cm³/mol. The molecule has 1 aliphatic heterocycles. The summed E-state index contributed by atoms with van der Waals surface area (Å²) in [6, 6.07) is 10.5. The van der Waals surface area contributed by atoms with Gasteiger partial charge in [-0.2, -0.15) is 0 Å². The lowest BCUT2D eigenvalue weighted by atomic mass is 10.1. The van der Waals surface area contributed by atoms with Crippen molar-refractivity contribution in [1.29, 1.82) is 0 Å². The smallest absolute Gasteiger partial charge is 0.191 e. The van der Waals surface area contributed by atoms with E-state index in [9.17, 15) is 0 Å². The summed E-state index contributed by atoms with van der Waals surface area (Å²) >= 11 is 1.89. The molecular formula is C20H28N4OS. The largest absolute Gasteiger partial charge is 0.497 e. The zero-order chi connectivity index (χ0) is 18.2. The fourth-order valence-corrected chi connectivity index (χ4v) is 4.06. The molecule has 0 aliphatic carbocycles. The van der Waals surface area contributed by atoms with Crippen molar-refractivity contribution in [2.75, 3.05) is 40.3 Å². The van der Waals surface area contributed by atoms with E-state index in [-0.39, 0.29) is 0 Å². The molecule has 0 bridgehead atoms. The van der Waals surface area contributed by atoms with Crippen LogP contribution in [0, 0.1) is 0 Å². The summed E-state index contributed by atoms with van der Waals surface area (Å²) in [5.74, 6) is 1.76. The van der Waals surface area contributed by atoms with Gasteiger partial charge in [0.2, 0.25) is 0 Å². The lowest BCUT2D eigenvalue weighted by Crippen LogP contribution is -2.43. The summed E-state index contributed by atoms with van der Waals surface area (Å²) in [4.78, 5) is 8.38. The summed E-state index contributed by atoms with van der Waals surface area (Å²) in [6.45, 7) is 5.02. The third-order valence-corrected chi connectivity index (χ3v) is 5.72. The van der Waals surface area contributed by atoms with Crippen LogP contribution in [-0.2, 0) is 19.4 Å². The molecule has 26 heavy (non-hydrogen) atoms. The number of methoxy groups -OCH3 is 1. The Hall–Kier alpha value is -2.05. The Morgan fingerprint density at radius 2 is 2.00 bits per heavy atom. The summed E-state index contributed by atoms with van der Waals surface area (Å²) < 4.78 is 5.19. The van der Waals surface area contributed by atoms with Crippen molar-refractivity contribution in [2.24, 2.45) is 4.99 Å². The van der Waals surface area contributed by atoms with Crippen molar-refractivity contribution in [3.63, 3.8) is 0 Å². The molecule has 0 saturated carbocycles. The number of fused-ring (bicyclic) bond motifs is 1. The minimum absolute atomic E-state index is 0.855. The van der Waals surface area contributed by atoms with Crippen molar-refractivity contribution in [2.45, 2.75) is 19.4 Å². The average molecular weight is 373 g/mol. The Labute approximate surface area is 160 Å². The maximum Gasteiger partial charge on any atom is 0.191 e. The average Bonchev–Trinajstić information content (AvgIpc) is 3.15. The van der Waals surface area contributed by atoms with Gasteiger partial charge in [0.05, 0.1) is 7.11 Å². The van der Waals surface area contributed by atoms with Gasteiger partial charge in [-0.1, -0.05) is 12.1 Å². The second-order valence-electron chi connectivity index (χ2n) is 6.42. The first-order valence-corrected chi connectivity index (χ1v) is 10.0. The number of hydrogen-bond acceptors (Lipinski definition) is 4. The Morgan fingerprint density at radius 3 is 2.77 bits per heavy atom. The number of nitrogens with zero attached hydrogens (tertiary/aromatic N) is 2. The van der Waals surface area contributed by atoms with E-state index in [1.54, 1.807) is 12.0 Å². The fourth-order valence-electron chi connectivity index (χ4n) is 3.17. The van der Waals surface area contributed by atoms with Gasteiger partial charge in [-0.15, -0.1) is 11.3 Å². The number of rotatable bonds is 7. The van der Waals surface area contributed by atoms with E-state index in [4.69, 9.17) is 4.74 Å². The highest BCUT2D eigenvalue weighted by molar-refractivity contribution is 7.10. The molecule has 0 atom stereocenters. The van der Waals surface area contributed by atoms with Gasteiger partial charge < -0.3 is 15.4 Å². The molecule has 0 fully saturated rings. The topological polar surface area (TPSA) is 48.9 Å². The molecule has 1 aromatic carbocycles. The maximum atomic E-state index is 5.19. The number of thiophene rings is 1. The second kappa shape index (κ2) is 9.59. The standard InChI is InChI=1S/C20H28N4OS/c1-21-20(22-10-7-16-3-5-18(25-2)6-4-16)23-11-13-24-12-8-19-17(15-24)9-14-26-19/h3-6,9,14H,7-8,10-13,15H2,1-2H3,(H2,21,22,23). The third kappa shape index (κ3) is 5.22. The normalized spacial score (nSPS) is 14.8. The van der Waals surface area contributed by atoms with Gasteiger partial charge in [-0.25, -0.2) is 0 Å². The van der Waals surface area contributed by atoms with E-state index < -0.39 is 0 Å². The molecule has 0 spiro atoms. The Kier molecular flexibility index (Phi) is 6.91. The first kappa shape index (κ1) is 18.7. The summed E-state index contributed by atoms with van der Waals surface area (Å²) in [6.07, 6.45) is 2.14. The van der Waals surface area contributed by atoms with E-state index in [0.717, 1.165) is 50.9 Å². The zero-order valence-corrected chi connectivity index (χ0v) is 16.4. The van der Waals surface area contributed by atoms with E-state index in [1.165, 1.54) is 17.5 Å². The van der Waals surface area contributed by atoms with E-state index in [1.807, 2.05) is 30.5 Å². The van der Waals surface area contributed by atoms with Crippen molar-refractivity contribution in [3.8, 4) is 5.75 Å². The minimum atomic E-state index is 0.855. The van der Waals surface area contributed by atoms with Crippen LogP contribution in [0.5, 0.6) is 5.75 Å². The monoisotopic (exact) mass is 372 g/mol. The molecule has 0 radical (unpaired) electrons. The molecule has 0 unspecified atom stereocenters. The number of guanidine groups is 1. The highest BCUT2D eigenvalue weighted by Crippen LogP contribution is 2.23. The number of aliphatic imine (C=N–C) groups is 1. The predicted octanol–water partition coefficient (Wildman–Crippen LogP) is 2.52. The van der Waals surface area contributed by atoms with Crippen molar-refractivity contribution >= 4 is 17.3 Å². The molecule has 2 aromatic rings. The second-order valence-corrected chi connectivity index (χ2v) is 7.42. The van der Waals surface area contributed by atoms with Crippen LogP contribution < -0.4 is 15.4 Å². The summed E-state index contributed by atoms with van der Waals surface area (Å²) in [5, 5.41) is 9.01.